The van der Waals surface area contributed by atoms with Gasteiger partial charge >= 0.3 is 5.97 Å². The second-order valence-electron chi connectivity index (χ2n) is 5.02. The fourth-order valence-corrected chi connectivity index (χ4v) is 1.67. The van der Waals surface area contributed by atoms with Crippen LogP contribution in [0.4, 0.5) is 0 Å². The summed E-state index contributed by atoms with van der Waals surface area (Å²) in [5, 5.41) is 9.14. The van der Waals surface area contributed by atoms with Crippen LogP contribution in [0.15, 0.2) is 28.7 Å². The molecule has 1 unspecified atom stereocenters. The predicted molar refractivity (Wildman–Crippen MR) is 70.2 cm³/mol. The van der Waals surface area contributed by atoms with E-state index in [1.54, 1.807) is 0 Å². The number of carbonyl (C=O) groups is 1. The zero-order valence-electron chi connectivity index (χ0n) is 10.2. The lowest BCUT2D eigenvalue weighted by Crippen LogP contribution is -2.33. The molecule has 1 aromatic rings. The molecule has 0 fully saturated rings. The molecule has 94 valence electrons. The van der Waals surface area contributed by atoms with Gasteiger partial charge < -0.3 is 9.84 Å². The Hall–Kier alpha value is -1.03. The molecule has 1 N–H and O–H groups in total. The number of halogens is 1. The van der Waals surface area contributed by atoms with E-state index in [4.69, 9.17) is 9.84 Å². The van der Waals surface area contributed by atoms with Gasteiger partial charge in [0, 0.05) is 4.47 Å². The molecule has 0 amide bonds. The molecule has 4 heteroatoms. The van der Waals surface area contributed by atoms with Crippen molar-refractivity contribution in [3.63, 3.8) is 0 Å². The maximum absolute atomic E-state index is 11.1. The fraction of sp³-hybridized carbons (Fsp3) is 0.462. The molecule has 3 nitrogen and oxygen atoms in total. The third kappa shape index (κ3) is 4.38. The number of aliphatic carboxylic acids is 1. The van der Waals surface area contributed by atoms with Gasteiger partial charge in [0.15, 0.2) is 0 Å². The molecule has 17 heavy (non-hydrogen) atoms. The van der Waals surface area contributed by atoms with Crippen molar-refractivity contribution in [1.82, 2.24) is 0 Å². The molecule has 0 heterocycles. The Morgan fingerprint density at radius 3 is 2.29 bits per heavy atom. The minimum Gasteiger partial charge on any atom is -0.493 e. The van der Waals surface area contributed by atoms with Crippen LogP contribution >= 0.6 is 15.9 Å². The zero-order chi connectivity index (χ0) is 13.1. The van der Waals surface area contributed by atoms with Crippen molar-refractivity contribution >= 4 is 21.9 Å². The Bertz CT molecular complexity index is 379. The number of ether oxygens (including phenoxy) is 1. The van der Waals surface area contributed by atoms with E-state index in [-0.39, 0.29) is 12.0 Å². The van der Waals surface area contributed by atoms with E-state index >= 15 is 0 Å². The Balaban J connectivity index is 2.65. The smallest absolute Gasteiger partial charge is 0.310 e. The van der Waals surface area contributed by atoms with E-state index < -0.39 is 11.9 Å². The van der Waals surface area contributed by atoms with Gasteiger partial charge in [0.25, 0.3) is 0 Å². The highest BCUT2D eigenvalue weighted by Gasteiger charge is 2.31. The number of hydrogen-bond donors (Lipinski definition) is 1. The van der Waals surface area contributed by atoms with E-state index in [0.717, 1.165) is 4.47 Å². The lowest BCUT2D eigenvalue weighted by atomic mass is 9.81. The summed E-state index contributed by atoms with van der Waals surface area (Å²) in [7, 11) is 0. The normalized spacial score (nSPS) is 13.2. The second-order valence-corrected chi connectivity index (χ2v) is 5.94. The van der Waals surface area contributed by atoms with Crippen molar-refractivity contribution < 1.29 is 14.6 Å². The molecule has 0 aliphatic carbocycles. The van der Waals surface area contributed by atoms with Gasteiger partial charge in [0.1, 0.15) is 12.4 Å². The molecule has 0 aliphatic heterocycles. The molecule has 1 atom stereocenters. The molecular formula is C13H17BrO3. The van der Waals surface area contributed by atoms with Gasteiger partial charge in [-0.1, -0.05) is 36.7 Å². The van der Waals surface area contributed by atoms with E-state index in [1.807, 2.05) is 45.0 Å². The first-order valence-electron chi connectivity index (χ1n) is 5.42. The topological polar surface area (TPSA) is 46.5 Å². The molecule has 0 aliphatic rings. The summed E-state index contributed by atoms with van der Waals surface area (Å²) in [4.78, 5) is 11.1. The third-order valence-corrected chi connectivity index (χ3v) is 3.10. The van der Waals surface area contributed by atoms with Crippen LogP contribution in [0, 0.1) is 11.3 Å². The summed E-state index contributed by atoms with van der Waals surface area (Å²) in [5.74, 6) is -0.663. The largest absolute Gasteiger partial charge is 0.493 e. The van der Waals surface area contributed by atoms with Gasteiger partial charge in [-0.2, -0.15) is 0 Å². The Labute approximate surface area is 110 Å². The lowest BCUT2D eigenvalue weighted by Gasteiger charge is -2.26. The molecule has 0 saturated carbocycles. The Kier molecular flexibility index (Phi) is 4.57. The molecule has 0 radical (unpaired) electrons. The zero-order valence-corrected chi connectivity index (χ0v) is 11.8. The number of carboxylic acids is 1. The SMILES string of the molecule is CC(C)(C)C(COc1ccc(Br)cc1)C(=O)O. The molecule has 0 spiro atoms. The van der Waals surface area contributed by atoms with Gasteiger partial charge in [-0.05, 0) is 29.7 Å². The molecule has 0 bridgehead atoms. The number of benzene rings is 1. The van der Waals surface area contributed by atoms with Gasteiger partial charge in [0.05, 0.1) is 5.92 Å². The predicted octanol–water partition coefficient (Wildman–Crippen LogP) is 3.57. The second kappa shape index (κ2) is 5.54. The lowest BCUT2D eigenvalue weighted by molar-refractivity contribution is -0.146. The van der Waals surface area contributed by atoms with E-state index in [1.165, 1.54) is 0 Å². The quantitative estimate of drug-likeness (QED) is 0.924. The van der Waals surface area contributed by atoms with Gasteiger partial charge in [0.2, 0.25) is 0 Å². The fourth-order valence-electron chi connectivity index (χ4n) is 1.40. The summed E-state index contributed by atoms with van der Waals surface area (Å²) in [6.45, 7) is 5.88. The highest BCUT2D eigenvalue weighted by Crippen LogP contribution is 2.27. The van der Waals surface area contributed by atoms with Crippen molar-refractivity contribution in [1.29, 1.82) is 0 Å². The average Bonchev–Trinajstić information content (AvgIpc) is 2.18. The van der Waals surface area contributed by atoms with Crippen LogP contribution in [-0.4, -0.2) is 17.7 Å². The first kappa shape index (κ1) is 14.0. The highest BCUT2D eigenvalue weighted by atomic mass is 79.9. The van der Waals surface area contributed by atoms with Crippen LogP contribution in [-0.2, 0) is 4.79 Å². The van der Waals surface area contributed by atoms with Crippen LogP contribution in [0.5, 0.6) is 5.75 Å². The Morgan fingerprint density at radius 1 is 1.35 bits per heavy atom. The van der Waals surface area contributed by atoms with Gasteiger partial charge in [-0.25, -0.2) is 0 Å². The molecule has 0 aromatic heterocycles. The molecule has 1 aromatic carbocycles. The van der Waals surface area contributed by atoms with Crippen LogP contribution in [0.2, 0.25) is 0 Å². The number of rotatable bonds is 4. The van der Waals surface area contributed by atoms with Crippen LogP contribution in [0.25, 0.3) is 0 Å². The molecular weight excluding hydrogens is 284 g/mol. The van der Waals surface area contributed by atoms with Crippen molar-refractivity contribution in [2.24, 2.45) is 11.3 Å². The maximum atomic E-state index is 11.1. The van der Waals surface area contributed by atoms with Crippen molar-refractivity contribution in [2.75, 3.05) is 6.61 Å². The standard InChI is InChI=1S/C13H17BrO3/c1-13(2,3)11(12(15)16)8-17-10-6-4-9(14)5-7-10/h4-7,11H,8H2,1-3H3,(H,15,16). The van der Waals surface area contributed by atoms with Crippen LogP contribution in [0.3, 0.4) is 0 Å². The summed E-state index contributed by atoms with van der Waals surface area (Å²) in [5.41, 5.74) is -0.318. The Morgan fingerprint density at radius 2 is 1.88 bits per heavy atom. The first-order valence-corrected chi connectivity index (χ1v) is 6.21. The summed E-state index contributed by atoms with van der Waals surface area (Å²) in [6, 6.07) is 7.35. The minimum absolute atomic E-state index is 0.181. The van der Waals surface area contributed by atoms with E-state index in [2.05, 4.69) is 15.9 Å². The van der Waals surface area contributed by atoms with Crippen molar-refractivity contribution in [3.05, 3.63) is 28.7 Å². The number of carboxylic acid groups (broad SMARTS) is 1. The van der Waals surface area contributed by atoms with Crippen molar-refractivity contribution in [2.45, 2.75) is 20.8 Å². The van der Waals surface area contributed by atoms with Crippen LogP contribution < -0.4 is 4.74 Å². The third-order valence-electron chi connectivity index (χ3n) is 2.57. The van der Waals surface area contributed by atoms with Crippen molar-refractivity contribution in [3.8, 4) is 5.75 Å². The minimum atomic E-state index is -0.824. The average molecular weight is 301 g/mol. The summed E-state index contributed by atoms with van der Waals surface area (Å²) >= 11 is 3.33. The molecule has 0 saturated heterocycles. The monoisotopic (exact) mass is 300 g/mol. The summed E-state index contributed by atoms with van der Waals surface area (Å²) < 4.78 is 6.48. The van der Waals surface area contributed by atoms with Gasteiger partial charge in [-0.3, -0.25) is 4.79 Å². The summed E-state index contributed by atoms with van der Waals surface area (Å²) in [6.07, 6.45) is 0. The van der Waals surface area contributed by atoms with Crippen LogP contribution in [0.1, 0.15) is 20.8 Å². The molecule has 1 rings (SSSR count). The number of hydrogen-bond acceptors (Lipinski definition) is 2. The van der Waals surface area contributed by atoms with E-state index in [9.17, 15) is 4.79 Å². The van der Waals surface area contributed by atoms with Gasteiger partial charge in [-0.15, -0.1) is 0 Å². The first-order chi connectivity index (χ1) is 7.80. The highest BCUT2D eigenvalue weighted by molar-refractivity contribution is 9.10. The maximum Gasteiger partial charge on any atom is 0.310 e. The van der Waals surface area contributed by atoms with E-state index in [0.29, 0.717) is 5.75 Å².